The van der Waals surface area contributed by atoms with E-state index in [1.54, 1.807) is 0 Å². The van der Waals surface area contributed by atoms with Crippen molar-refractivity contribution in [2.75, 3.05) is 0 Å². The normalized spacial score (nSPS) is 11.1. The quantitative estimate of drug-likeness (QED) is 0.746. The first-order valence-electron chi connectivity index (χ1n) is 5.48. The van der Waals surface area contributed by atoms with Gasteiger partial charge in [-0.2, -0.15) is 4.98 Å². The van der Waals surface area contributed by atoms with Crippen molar-refractivity contribution in [3.63, 3.8) is 0 Å². The number of rotatable bonds is 3. The van der Waals surface area contributed by atoms with Gasteiger partial charge in [0.25, 0.3) is 5.89 Å². The zero-order chi connectivity index (χ0) is 13.2. The molecule has 2 aromatic heterocycles. The van der Waals surface area contributed by atoms with Crippen LogP contribution in [-0.2, 0) is 11.4 Å². The van der Waals surface area contributed by atoms with Crippen LogP contribution in [0.3, 0.4) is 0 Å². The molecule has 0 atom stereocenters. The molecule has 0 bridgehead atoms. The highest BCUT2D eigenvalue weighted by atomic mass is 79.9. The third kappa shape index (κ3) is 2.35. The lowest BCUT2D eigenvalue weighted by Gasteiger charge is -2.02. The third-order valence-corrected chi connectivity index (χ3v) is 3.17. The maximum Gasteiger partial charge on any atom is 0.255 e. The van der Waals surface area contributed by atoms with Crippen molar-refractivity contribution < 1.29 is 9.36 Å². The number of nitrogens with two attached hydrogens (primary N) is 1. The Hall–Kier alpha value is -1.83. The molecule has 0 unspecified atom stereocenters. The summed E-state index contributed by atoms with van der Waals surface area (Å²) in [5.74, 6) is 5.66. The standard InChI is InChI=1S/C12H9BrN4O2/c13-8-5-7-3-1-2-4-9(7)15-11(8)12-16-10(6-18-14)19-17-12/h1-5H,6,14H2. The van der Waals surface area contributed by atoms with Crippen molar-refractivity contribution >= 4 is 26.8 Å². The van der Waals surface area contributed by atoms with Gasteiger partial charge in [-0.1, -0.05) is 23.4 Å². The summed E-state index contributed by atoms with van der Waals surface area (Å²) < 4.78 is 5.80. The zero-order valence-electron chi connectivity index (χ0n) is 9.71. The van der Waals surface area contributed by atoms with Crippen LogP contribution < -0.4 is 5.90 Å². The molecule has 0 spiro atoms. The van der Waals surface area contributed by atoms with Gasteiger partial charge < -0.3 is 4.52 Å². The number of aromatic nitrogens is 3. The minimum absolute atomic E-state index is 0.0677. The minimum atomic E-state index is 0.0677. The molecule has 6 nitrogen and oxygen atoms in total. The van der Waals surface area contributed by atoms with Gasteiger partial charge in [-0.15, -0.1) is 0 Å². The van der Waals surface area contributed by atoms with Gasteiger partial charge in [0.1, 0.15) is 12.3 Å². The van der Waals surface area contributed by atoms with Gasteiger partial charge in [-0.25, -0.2) is 10.9 Å². The molecule has 1 aromatic carbocycles. The van der Waals surface area contributed by atoms with Crippen LogP contribution in [-0.4, -0.2) is 15.1 Å². The van der Waals surface area contributed by atoms with Gasteiger partial charge in [0, 0.05) is 9.86 Å². The molecule has 0 aliphatic heterocycles. The number of fused-ring (bicyclic) bond motifs is 1. The average Bonchev–Trinajstić information content (AvgIpc) is 2.87. The Bertz CT molecular complexity index is 729. The SMILES string of the molecule is NOCc1nc(-c2nc3ccccc3cc2Br)no1. The monoisotopic (exact) mass is 320 g/mol. The highest BCUT2D eigenvalue weighted by molar-refractivity contribution is 9.10. The lowest BCUT2D eigenvalue weighted by atomic mass is 10.2. The molecular formula is C12H9BrN4O2. The Morgan fingerprint density at radius 3 is 2.95 bits per heavy atom. The Kier molecular flexibility index (Phi) is 3.24. The van der Waals surface area contributed by atoms with Crippen LogP contribution in [0.5, 0.6) is 0 Å². The largest absolute Gasteiger partial charge is 0.336 e. The van der Waals surface area contributed by atoms with Crippen molar-refractivity contribution in [1.29, 1.82) is 0 Å². The molecule has 2 heterocycles. The first kappa shape index (κ1) is 12.2. The number of halogens is 1. The van der Waals surface area contributed by atoms with E-state index in [2.05, 4.69) is 35.9 Å². The summed E-state index contributed by atoms with van der Waals surface area (Å²) >= 11 is 3.46. The highest BCUT2D eigenvalue weighted by Gasteiger charge is 2.14. The molecular weight excluding hydrogens is 312 g/mol. The predicted molar refractivity (Wildman–Crippen MR) is 71.7 cm³/mol. The molecule has 3 rings (SSSR count). The fraction of sp³-hybridized carbons (Fsp3) is 0.0833. The first-order chi connectivity index (χ1) is 9.28. The molecule has 3 aromatic rings. The van der Waals surface area contributed by atoms with Crippen molar-refractivity contribution in [3.8, 4) is 11.5 Å². The maximum atomic E-state index is 5.00. The molecule has 2 N–H and O–H groups in total. The lowest BCUT2D eigenvalue weighted by Crippen LogP contribution is -1.98. The number of hydrogen-bond donors (Lipinski definition) is 1. The van der Waals surface area contributed by atoms with Crippen LogP contribution in [0.4, 0.5) is 0 Å². The summed E-state index contributed by atoms with van der Waals surface area (Å²) in [5, 5.41) is 4.89. The van der Waals surface area contributed by atoms with Crippen molar-refractivity contribution in [2.24, 2.45) is 5.90 Å². The first-order valence-corrected chi connectivity index (χ1v) is 6.27. The molecule has 0 aliphatic carbocycles. The average molecular weight is 321 g/mol. The second-order valence-electron chi connectivity index (χ2n) is 3.83. The van der Waals surface area contributed by atoms with Crippen molar-refractivity contribution in [2.45, 2.75) is 6.61 Å². The maximum absolute atomic E-state index is 5.00. The van der Waals surface area contributed by atoms with Crippen LogP contribution in [0, 0.1) is 0 Å². The molecule has 19 heavy (non-hydrogen) atoms. The summed E-state index contributed by atoms with van der Waals surface area (Å²) in [6.45, 7) is 0.0677. The highest BCUT2D eigenvalue weighted by Crippen LogP contribution is 2.27. The van der Waals surface area contributed by atoms with Crippen molar-refractivity contribution in [1.82, 2.24) is 15.1 Å². The van der Waals surface area contributed by atoms with Crippen LogP contribution in [0.25, 0.3) is 22.4 Å². The topological polar surface area (TPSA) is 87.1 Å². The smallest absolute Gasteiger partial charge is 0.255 e. The van der Waals surface area contributed by atoms with Gasteiger partial charge in [-0.05, 0) is 28.1 Å². The number of benzene rings is 1. The third-order valence-electron chi connectivity index (χ3n) is 2.56. The second kappa shape index (κ2) is 5.04. The Labute approximate surface area is 116 Å². The number of hydrogen-bond acceptors (Lipinski definition) is 6. The summed E-state index contributed by atoms with van der Waals surface area (Å²) in [7, 11) is 0. The minimum Gasteiger partial charge on any atom is -0.336 e. The number of para-hydroxylation sites is 1. The van der Waals surface area contributed by atoms with E-state index in [0.29, 0.717) is 17.4 Å². The molecule has 7 heteroatoms. The second-order valence-corrected chi connectivity index (χ2v) is 4.69. The van der Waals surface area contributed by atoms with E-state index in [0.717, 1.165) is 15.4 Å². The van der Waals surface area contributed by atoms with E-state index in [4.69, 9.17) is 10.4 Å². The van der Waals surface area contributed by atoms with Gasteiger partial charge in [0.2, 0.25) is 5.82 Å². The van der Waals surface area contributed by atoms with Crippen molar-refractivity contribution in [3.05, 3.63) is 40.7 Å². The Morgan fingerprint density at radius 1 is 1.26 bits per heavy atom. The summed E-state index contributed by atoms with van der Waals surface area (Å²) in [4.78, 5) is 13.1. The zero-order valence-corrected chi connectivity index (χ0v) is 11.3. The molecule has 0 saturated carbocycles. The number of pyridine rings is 1. The molecule has 0 radical (unpaired) electrons. The Balaban J connectivity index is 2.10. The summed E-state index contributed by atoms with van der Waals surface area (Å²) in [6, 6.07) is 9.77. The van der Waals surface area contributed by atoms with Crippen LogP contribution in [0.2, 0.25) is 0 Å². The fourth-order valence-corrected chi connectivity index (χ4v) is 2.24. The van der Waals surface area contributed by atoms with E-state index < -0.39 is 0 Å². The van der Waals surface area contributed by atoms with Crippen LogP contribution in [0.15, 0.2) is 39.3 Å². The van der Waals surface area contributed by atoms with E-state index in [1.807, 2.05) is 30.3 Å². The molecule has 96 valence electrons. The van der Waals surface area contributed by atoms with Crippen LogP contribution in [0.1, 0.15) is 5.89 Å². The van der Waals surface area contributed by atoms with E-state index in [9.17, 15) is 0 Å². The van der Waals surface area contributed by atoms with Gasteiger partial charge >= 0.3 is 0 Å². The van der Waals surface area contributed by atoms with Gasteiger partial charge in [0.05, 0.1) is 5.52 Å². The van der Waals surface area contributed by atoms with E-state index in [-0.39, 0.29) is 6.61 Å². The number of nitrogens with zero attached hydrogens (tertiary/aromatic N) is 3. The summed E-state index contributed by atoms with van der Waals surface area (Å²) in [6.07, 6.45) is 0. The van der Waals surface area contributed by atoms with E-state index >= 15 is 0 Å². The van der Waals surface area contributed by atoms with E-state index in [1.165, 1.54) is 0 Å². The van der Waals surface area contributed by atoms with Crippen LogP contribution >= 0.6 is 15.9 Å². The Morgan fingerprint density at radius 2 is 2.11 bits per heavy atom. The lowest BCUT2D eigenvalue weighted by molar-refractivity contribution is 0.0996. The molecule has 0 fully saturated rings. The fourth-order valence-electron chi connectivity index (χ4n) is 1.73. The molecule has 0 amide bonds. The molecule has 0 saturated heterocycles. The predicted octanol–water partition coefficient (Wildman–Crippen LogP) is 2.44. The molecule has 0 aliphatic rings. The van der Waals surface area contributed by atoms with Gasteiger partial charge in [-0.3, -0.25) is 4.84 Å². The van der Waals surface area contributed by atoms with Gasteiger partial charge in [0.15, 0.2) is 0 Å². The summed E-state index contributed by atoms with van der Waals surface area (Å²) in [5.41, 5.74) is 1.48.